The van der Waals surface area contributed by atoms with Crippen LogP contribution in [0.3, 0.4) is 0 Å². The van der Waals surface area contributed by atoms with Gasteiger partial charge in [-0.15, -0.1) is 13.2 Å². The first kappa shape index (κ1) is 13.6. The Bertz CT molecular complexity index is 162. The van der Waals surface area contributed by atoms with Crippen molar-refractivity contribution in [2.24, 2.45) is 0 Å². The maximum absolute atomic E-state index is 3.83. The zero-order chi connectivity index (χ0) is 10.1. The Hall–Kier alpha value is -0.980. The summed E-state index contributed by atoms with van der Waals surface area (Å²) in [5.41, 5.74) is 3.19. The highest BCUT2D eigenvalue weighted by Crippen LogP contribution is 2.07. The predicted molar refractivity (Wildman–Crippen MR) is 57.8 cm³/mol. The minimum atomic E-state index is 0.926. The number of likely N-dealkylation sites (N-methyl/N-ethyl adjacent to an activating group) is 1. The van der Waals surface area contributed by atoms with Crippen LogP contribution in [-0.4, -0.2) is 6.54 Å². The minimum Gasteiger partial charge on any atom is -0.385 e. The lowest BCUT2D eigenvalue weighted by molar-refractivity contribution is 0.853. The summed E-state index contributed by atoms with van der Waals surface area (Å²) in [5.74, 6) is 0. The normalized spacial score (nSPS) is 10.7. The highest BCUT2D eigenvalue weighted by Gasteiger charge is 1.96. The molecule has 0 atom stereocenters. The molecule has 0 aromatic carbocycles. The van der Waals surface area contributed by atoms with Gasteiger partial charge in [0.25, 0.3) is 0 Å². The van der Waals surface area contributed by atoms with Gasteiger partial charge in [-0.3, -0.25) is 0 Å². The molecular formula is C11H20N. The van der Waals surface area contributed by atoms with Crippen molar-refractivity contribution < 1.29 is 0 Å². The van der Waals surface area contributed by atoms with E-state index < -0.39 is 0 Å². The number of nitrogens with one attached hydrogen (secondary N) is 1. The first-order valence-electron chi connectivity index (χ1n) is 4.02. The van der Waals surface area contributed by atoms with Gasteiger partial charge in [0.05, 0.1) is 0 Å². The van der Waals surface area contributed by atoms with Crippen molar-refractivity contribution >= 4 is 0 Å². The van der Waals surface area contributed by atoms with Crippen molar-refractivity contribution in [3.63, 3.8) is 0 Å². The van der Waals surface area contributed by atoms with Crippen LogP contribution in [0.5, 0.6) is 0 Å². The summed E-state index contributed by atoms with van der Waals surface area (Å²) in [5, 5.41) is 3.20. The van der Waals surface area contributed by atoms with Crippen LogP contribution in [0.1, 0.15) is 20.8 Å². The third kappa shape index (κ3) is 5.78. The Morgan fingerprint density at radius 2 is 1.67 bits per heavy atom. The van der Waals surface area contributed by atoms with E-state index in [0.717, 1.165) is 23.4 Å². The third-order valence-corrected chi connectivity index (χ3v) is 1.21. The van der Waals surface area contributed by atoms with Gasteiger partial charge in [0, 0.05) is 12.2 Å². The van der Waals surface area contributed by atoms with E-state index in [1.54, 1.807) is 0 Å². The monoisotopic (exact) mass is 166 g/mol. The topological polar surface area (TPSA) is 12.0 Å². The van der Waals surface area contributed by atoms with E-state index in [1.807, 2.05) is 13.8 Å². The largest absolute Gasteiger partial charge is 0.385 e. The van der Waals surface area contributed by atoms with E-state index >= 15 is 0 Å². The average molecular weight is 166 g/mol. The van der Waals surface area contributed by atoms with Gasteiger partial charge in [0.2, 0.25) is 0 Å². The molecule has 1 radical (unpaired) electrons. The third-order valence-electron chi connectivity index (χ3n) is 1.21. The molecule has 0 spiro atoms. The van der Waals surface area contributed by atoms with Gasteiger partial charge in [-0.25, -0.2) is 0 Å². The van der Waals surface area contributed by atoms with E-state index in [-0.39, 0.29) is 0 Å². The Labute approximate surface area is 76.9 Å². The maximum Gasteiger partial charge on any atom is 0.0353 e. The van der Waals surface area contributed by atoms with Gasteiger partial charge in [-0.05, 0) is 38.8 Å². The molecule has 0 aromatic heterocycles. The smallest absolute Gasteiger partial charge is 0.0353 e. The lowest BCUT2D eigenvalue weighted by Gasteiger charge is -2.10. The van der Waals surface area contributed by atoms with Crippen LogP contribution >= 0.6 is 0 Å². The zero-order valence-electron chi connectivity index (χ0n) is 8.54. The van der Waals surface area contributed by atoms with Crippen LogP contribution in [0.4, 0.5) is 0 Å². The van der Waals surface area contributed by atoms with Gasteiger partial charge >= 0.3 is 0 Å². The Morgan fingerprint density at radius 3 is 1.75 bits per heavy atom. The minimum absolute atomic E-state index is 0.926. The van der Waals surface area contributed by atoms with Gasteiger partial charge in [-0.2, -0.15) is 0 Å². The lowest BCUT2D eigenvalue weighted by atomic mass is 10.1. The first-order chi connectivity index (χ1) is 5.59. The predicted octanol–water partition coefficient (Wildman–Crippen LogP) is 3.08. The fraction of sp³-hybridized carbons (Fsp3) is 0.364. The van der Waals surface area contributed by atoms with Crippen molar-refractivity contribution in [3.05, 3.63) is 43.5 Å². The van der Waals surface area contributed by atoms with Crippen LogP contribution in [0.25, 0.3) is 0 Å². The molecule has 0 aliphatic rings. The quantitative estimate of drug-likeness (QED) is 0.502. The molecule has 1 heteroatoms. The maximum atomic E-state index is 3.83. The van der Waals surface area contributed by atoms with Gasteiger partial charge in [-0.1, -0.05) is 6.58 Å². The summed E-state index contributed by atoms with van der Waals surface area (Å²) < 4.78 is 0. The van der Waals surface area contributed by atoms with E-state index in [4.69, 9.17) is 0 Å². The zero-order valence-corrected chi connectivity index (χ0v) is 8.54. The molecule has 0 saturated heterocycles. The molecule has 1 N–H and O–H groups in total. The lowest BCUT2D eigenvalue weighted by Crippen LogP contribution is -2.13. The molecule has 0 aliphatic heterocycles. The van der Waals surface area contributed by atoms with Crippen molar-refractivity contribution in [3.8, 4) is 0 Å². The standard InChI is InChI=1S/C9H16N.C2H4/c1-6-10-9(7(2)3)8(4)5;1-2/h10H,2,4,6H2,1,3,5H3;1-2H2/b9-7-;. The molecule has 12 heavy (non-hydrogen) atoms. The Morgan fingerprint density at radius 1 is 1.25 bits per heavy atom. The summed E-state index contributed by atoms with van der Waals surface area (Å²) >= 11 is 0. The summed E-state index contributed by atoms with van der Waals surface area (Å²) in [4.78, 5) is 0. The van der Waals surface area contributed by atoms with Crippen molar-refractivity contribution in [1.82, 2.24) is 5.32 Å². The van der Waals surface area contributed by atoms with Crippen molar-refractivity contribution in [1.29, 1.82) is 0 Å². The second kappa shape index (κ2) is 8.12. The summed E-state index contributed by atoms with van der Waals surface area (Å²) in [7, 11) is 0. The van der Waals surface area contributed by atoms with E-state index in [1.165, 1.54) is 0 Å². The van der Waals surface area contributed by atoms with Gasteiger partial charge < -0.3 is 5.32 Å². The number of hydrogen-bond donors (Lipinski definition) is 1. The van der Waals surface area contributed by atoms with Crippen molar-refractivity contribution in [2.75, 3.05) is 6.54 Å². The summed E-state index contributed by atoms with van der Waals surface area (Å²) in [6.45, 7) is 20.6. The summed E-state index contributed by atoms with van der Waals surface area (Å²) in [6.07, 6.45) is 0. The fourth-order valence-corrected chi connectivity index (χ4v) is 0.843. The van der Waals surface area contributed by atoms with Crippen LogP contribution in [-0.2, 0) is 0 Å². The van der Waals surface area contributed by atoms with Crippen molar-refractivity contribution in [2.45, 2.75) is 20.8 Å². The molecule has 0 aliphatic carbocycles. The van der Waals surface area contributed by atoms with E-state index in [9.17, 15) is 0 Å². The van der Waals surface area contributed by atoms with Crippen LogP contribution < -0.4 is 5.32 Å². The molecule has 0 unspecified atom stereocenters. The molecule has 0 heterocycles. The molecule has 0 amide bonds. The van der Waals surface area contributed by atoms with E-state index in [0.29, 0.717) is 0 Å². The second-order valence-corrected chi connectivity index (χ2v) is 2.47. The fourth-order valence-electron chi connectivity index (χ4n) is 0.843. The van der Waals surface area contributed by atoms with Crippen LogP contribution in [0.15, 0.2) is 36.6 Å². The first-order valence-corrected chi connectivity index (χ1v) is 4.02. The second-order valence-electron chi connectivity index (χ2n) is 2.47. The molecule has 0 bridgehead atoms. The molecule has 0 fully saturated rings. The molecule has 0 aromatic rings. The van der Waals surface area contributed by atoms with Crippen LogP contribution in [0, 0.1) is 6.92 Å². The SMILES string of the molecule is C=C.[CH2]/C(C)=C(/NCC)C(=C)C. The molecule has 0 saturated carbocycles. The number of rotatable bonds is 3. The summed E-state index contributed by atoms with van der Waals surface area (Å²) in [6, 6.07) is 0. The van der Waals surface area contributed by atoms with Gasteiger partial charge in [0.15, 0.2) is 0 Å². The molecule has 1 nitrogen and oxygen atoms in total. The highest BCUT2D eigenvalue weighted by molar-refractivity contribution is 5.30. The Kier molecular flexibility index (Phi) is 9.20. The van der Waals surface area contributed by atoms with E-state index in [2.05, 4.69) is 38.9 Å². The Balaban J connectivity index is 0. The van der Waals surface area contributed by atoms with Crippen LogP contribution in [0.2, 0.25) is 0 Å². The molecule has 0 rings (SSSR count). The molecule has 69 valence electrons. The van der Waals surface area contributed by atoms with Gasteiger partial charge in [0.1, 0.15) is 0 Å². The number of hydrogen-bond acceptors (Lipinski definition) is 1. The highest BCUT2D eigenvalue weighted by atomic mass is 14.9. The molecular weight excluding hydrogens is 146 g/mol. The average Bonchev–Trinajstić information content (AvgIpc) is 2.03. The number of allylic oxidation sites excluding steroid dienone is 2.